The molecule has 7 rings (SSSR count). The third kappa shape index (κ3) is 6.87. The van der Waals surface area contributed by atoms with Crippen LogP contribution in [0.15, 0.2) is 48.5 Å². The van der Waals surface area contributed by atoms with Crippen LogP contribution in [0.1, 0.15) is 82.7 Å². The molecule has 0 aromatic heterocycles. The fraction of sp³-hybridized carbons (Fsp3) is 0.415. The zero-order valence-electron chi connectivity index (χ0n) is 31.4. The highest BCUT2D eigenvalue weighted by molar-refractivity contribution is 6.31. The van der Waals surface area contributed by atoms with E-state index in [0.717, 1.165) is 10.6 Å². The van der Waals surface area contributed by atoms with E-state index in [-0.39, 0.29) is 35.1 Å². The Bertz CT molecular complexity index is 2170. The van der Waals surface area contributed by atoms with E-state index in [4.69, 9.17) is 16.3 Å². The minimum atomic E-state index is -1.04. The number of nitrogens with zero attached hydrogens (tertiary/aromatic N) is 4. The van der Waals surface area contributed by atoms with Crippen molar-refractivity contribution in [1.82, 2.24) is 20.4 Å². The Morgan fingerprint density at radius 1 is 0.946 bits per heavy atom. The SMILES string of the molecule is CC1(C)C(NC(=O)c2c(F)cc(CCN3CCN(c4ccc5c(c4)C(=O)N(C4CCC(=O)NC4=O)C5=O)CC3)cc2F)C(C)(C)C1Oc1ccc(C#N)c(Cl)c1. The third-order valence-corrected chi connectivity index (χ3v) is 11.9. The molecule has 1 saturated carbocycles. The first-order valence-electron chi connectivity index (χ1n) is 18.5. The predicted octanol–water partition coefficient (Wildman–Crippen LogP) is 4.87. The van der Waals surface area contributed by atoms with Crippen LogP contribution in [0.4, 0.5) is 14.5 Å². The van der Waals surface area contributed by atoms with E-state index in [1.54, 1.807) is 36.4 Å². The standard InChI is InChI=1S/C41H41ClF2N6O6/c1-40(2)38(41(3,4)39(40)56-25-7-5-23(21-45)28(42)20-25)47-35(53)33-29(43)17-22(18-30(33)44)11-12-48-13-15-49(16-14-48)24-6-8-26-27(19-24)37(55)50(36(26)54)31-9-10-32(51)46-34(31)52/h5-8,17-20,31,38-39H,9-16H2,1-4H3,(H,47,53)(H,46,51,52). The molecule has 5 amide bonds. The maximum Gasteiger partial charge on any atom is 0.262 e. The fourth-order valence-electron chi connectivity index (χ4n) is 8.96. The van der Waals surface area contributed by atoms with E-state index in [2.05, 4.69) is 20.4 Å². The van der Waals surface area contributed by atoms with Crippen LogP contribution in [0.2, 0.25) is 5.02 Å². The normalized spacial score (nSPS) is 22.9. The number of piperidine rings is 1. The van der Waals surface area contributed by atoms with Crippen molar-refractivity contribution in [2.24, 2.45) is 10.8 Å². The number of rotatable bonds is 9. The number of imide groups is 2. The van der Waals surface area contributed by atoms with Gasteiger partial charge in [-0.15, -0.1) is 0 Å². The number of fused-ring (bicyclic) bond motifs is 1. The maximum atomic E-state index is 15.4. The predicted molar refractivity (Wildman–Crippen MR) is 201 cm³/mol. The third-order valence-electron chi connectivity index (χ3n) is 11.6. The topological polar surface area (TPSA) is 152 Å². The van der Waals surface area contributed by atoms with Crippen molar-refractivity contribution >= 4 is 46.8 Å². The van der Waals surface area contributed by atoms with E-state index < -0.39 is 69.6 Å². The number of ether oxygens (including phenoxy) is 1. The molecule has 0 radical (unpaired) electrons. The Morgan fingerprint density at radius 3 is 2.23 bits per heavy atom. The van der Waals surface area contributed by atoms with Crippen molar-refractivity contribution in [2.45, 2.75) is 65.1 Å². The highest BCUT2D eigenvalue weighted by Crippen LogP contribution is 2.55. The van der Waals surface area contributed by atoms with Crippen LogP contribution in [0.3, 0.4) is 0 Å². The molecule has 292 valence electrons. The first-order chi connectivity index (χ1) is 26.5. The van der Waals surface area contributed by atoms with Gasteiger partial charge in [0.05, 0.1) is 21.7 Å². The maximum absolute atomic E-state index is 15.4. The molecule has 2 N–H and O–H groups in total. The summed E-state index contributed by atoms with van der Waals surface area (Å²) in [5.41, 5.74) is 0.0318. The van der Waals surface area contributed by atoms with Crippen molar-refractivity contribution in [3.8, 4) is 11.8 Å². The lowest BCUT2D eigenvalue weighted by molar-refractivity contribution is -0.164. The minimum absolute atomic E-state index is 0.0433. The summed E-state index contributed by atoms with van der Waals surface area (Å²) in [6, 6.07) is 12.7. The van der Waals surface area contributed by atoms with Crippen LogP contribution < -0.4 is 20.3 Å². The summed E-state index contributed by atoms with van der Waals surface area (Å²) >= 11 is 6.19. The molecule has 0 bridgehead atoms. The van der Waals surface area contributed by atoms with Gasteiger partial charge in [-0.3, -0.25) is 39.1 Å². The molecule has 56 heavy (non-hydrogen) atoms. The molecule has 3 aromatic carbocycles. The van der Waals surface area contributed by atoms with Crippen molar-refractivity contribution < 1.29 is 37.5 Å². The number of piperazine rings is 1. The molecule has 4 aliphatic rings. The Labute approximate surface area is 327 Å². The summed E-state index contributed by atoms with van der Waals surface area (Å²) < 4.78 is 37.1. The second-order valence-electron chi connectivity index (χ2n) is 16.0. The second-order valence-corrected chi connectivity index (χ2v) is 16.4. The Balaban J connectivity index is 0.928. The lowest BCUT2D eigenvalue weighted by Crippen LogP contribution is -2.74. The van der Waals surface area contributed by atoms with Crippen molar-refractivity contribution in [3.63, 3.8) is 0 Å². The summed E-state index contributed by atoms with van der Waals surface area (Å²) in [6.07, 6.45) is 0.0896. The number of halogens is 3. The van der Waals surface area contributed by atoms with Crippen LogP contribution >= 0.6 is 11.6 Å². The lowest BCUT2D eigenvalue weighted by Gasteiger charge is -2.63. The molecule has 3 aromatic rings. The van der Waals surface area contributed by atoms with Gasteiger partial charge in [0.25, 0.3) is 17.7 Å². The molecule has 3 heterocycles. The van der Waals surface area contributed by atoms with Gasteiger partial charge < -0.3 is 15.0 Å². The van der Waals surface area contributed by atoms with Crippen molar-refractivity contribution in [3.05, 3.63) is 93.0 Å². The molecule has 1 atom stereocenters. The largest absolute Gasteiger partial charge is 0.489 e. The molecule has 3 aliphatic heterocycles. The van der Waals surface area contributed by atoms with E-state index in [1.165, 1.54) is 12.1 Å². The van der Waals surface area contributed by atoms with Crippen LogP contribution in [0.5, 0.6) is 5.75 Å². The van der Waals surface area contributed by atoms with Gasteiger partial charge in [0.1, 0.15) is 41.2 Å². The van der Waals surface area contributed by atoms with Gasteiger partial charge >= 0.3 is 0 Å². The molecular weight excluding hydrogens is 746 g/mol. The molecule has 1 aliphatic carbocycles. The number of nitriles is 1. The lowest BCUT2D eigenvalue weighted by atomic mass is 9.49. The highest BCUT2D eigenvalue weighted by Gasteiger charge is 2.64. The van der Waals surface area contributed by atoms with Gasteiger partial charge in [0.2, 0.25) is 11.8 Å². The van der Waals surface area contributed by atoms with Crippen LogP contribution in [0.25, 0.3) is 0 Å². The van der Waals surface area contributed by atoms with Crippen molar-refractivity contribution in [2.75, 3.05) is 37.6 Å². The summed E-state index contributed by atoms with van der Waals surface area (Å²) in [5.74, 6) is -4.50. The number of hydrogen-bond acceptors (Lipinski definition) is 9. The number of benzene rings is 3. The average Bonchev–Trinajstić information content (AvgIpc) is 3.39. The number of hydrogen-bond donors (Lipinski definition) is 2. The number of carbonyl (C=O) groups is 5. The molecule has 15 heteroatoms. The van der Waals surface area contributed by atoms with Gasteiger partial charge in [0, 0.05) is 67.8 Å². The van der Waals surface area contributed by atoms with Gasteiger partial charge in [-0.25, -0.2) is 8.78 Å². The Kier molecular flexibility index (Phi) is 10.1. The van der Waals surface area contributed by atoms with Gasteiger partial charge in [-0.2, -0.15) is 5.26 Å². The Morgan fingerprint density at radius 2 is 1.61 bits per heavy atom. The summed E-state index contributed by atoms with van der Waals surface area (Å²) in [5, 5.41) is 14.5. The van der Waals surface area contributed by atoms with Crippen molar-refractivity contribution in [1.29, 1.82) is 5.26 Å². The quantitative estimate of drug-likeness (QED) is 0.290. The van der Waals surface area contributed by atoms with E-state index >= 15 is 8.78 Å². The molecule has 0 spiro atoms. The van der Waals surface area contributed by atoms with Gasteiger partial charge in [0.15, 0.2) is 0 Å². The number of anilines is 1. The van der Waals surface area contributed by atoms with Gasteiger partial charge in [-0.1, -0.05) is 39.3 Å². The average molecular weight is 787 g/mol. The van der Waals surface area contributed by atoms with E-state index in [0.29, 0.717) is 56.0 Å². The Hall–Kier alpha value is -5.39. The minimum Gasteiger partial charge on any atom is -0.489 e. The summed E-state index contributed by atoms with van der Waals surface area (Å²) in [6.45, 7) is 10.6. The second kappa shape index (κ2) is 14.6. The molecule has 2 saturated heterocycles. The van der Waals surface area contributed by atoms with E-state index in [1.807, 2.05) is 33.8 Å². The van der Waals surface area contributed by atoms with Crippen LogP contribution in [-0.4, -0.2) is 90.2 Å². The zero-order chi connectivity index (χ0) is 40.3. The van der Waals surface area contributed by atoms with Gasteiger partial charge in [-0.05, 0) is 60.9 Å². The first kappa shape index (κ1) is 38.9. The fourth-order valence-corrected chi connectivity index (χ4v) is 9.17. The number of nitrogens with one attached hydrogen (secondary N) is 2. The monoisotopic (exact) mass is 786 g/mol. The zero-order valence-corrected chi connectivity index (χ0v) is 32.1. The van der Waals surface area contributed by atoms with E-state index in [9.17, 15) is 29.2 Å². The summed E-state index contributed by atoms with van der Waals surface area (Å²) in [7, 11) is 0. The summed E-state index contributed by atoms with van der Waals surface area (Å²) in [4.78, 5) is 68.9. The molecule has 12 nitrogen and oxygen atoms in total. The molecular formula is C41H41ClF2N6O6. The van der Waals surface area contributed by atoms with Crippen LogP contribution in [-0.2, 0) is 16.0 Å². The first-order valence-corrected chi connectivity index (χ1v) is 18.9. The molecule has 1 unspecified atom stereocenters. The number of carbonyl (C=O) groups excluding carboxylic acids is 5. The highest BCUT2D eigenvalue weighted by atomic mass is 35.5. The van der Waals surface area contributed by atoms with Crippen LogP contribution in [0, 0.1) is 33.8 Å². The smallest absolute Gasteiger partial charge is 0.262 e. The number of amides is 5. The molecule has 3 fully saturated rings.